The highest BCUT2D eigenvalue weighted by atomic mass is 32.2. The van der Waals surface area contributed by atoms with Crippen molar-refractivity contribution in [2.45, 2.75) is 40.2 Å². The zero-order chi connectivity index (χ0) is 22.6. The molecule has 156 valence electrons. The molecule has 2 aromatic rings. The number of thiophene rings is 2. The molecule has 0 aromatic carbocycles. The van der Waals surface area contributed by atoms with E-state index in [-0.39, 0.29) is 11.4 Å². The second-order valence-electron chi connectivity index (χ2n) is 7.13. The Morgan fingerprint density at radius 1 is 0.844 bits per heavy atom. The summed E-state index contributed by atoms with van der Waals surface area (Å²) in [6.45, 7) is 4.01. The van der Waals surface area contributed by atoms with Crippen molar-refractivity contribution in [2.24, 2.45) is 9.98 Å². The predicted octanol–water partition coefficient (Wildman–Crippen LogP) is 4.68. The van der Waals surface area contributed by atoms with Gasteiger partial charge in [0.2, 0.25) is 11.4 Å². The largest absolute Gasteiger partial charge is 0.480 e. The van der Waals surface area contributed by atoms with Crippen LogP contribution in [0, 0.1) is 45.3 Å². The molecular weight excluding hydrogens is 485 g/mol. The fourth-order valence-corrected chi connectivity index (χ4v) is 8.93. The van der Waals surface area contributed by atoms with Gasteiger partial charge >= 0.3 is 0 Å². The molecule has 9 nitrogen and oxygen atoms in total. The summed E-state index contributed by atoms with van der Waals surface area (Å²) in [6.07, 6.45) is 0. The van der Waals surface area contributed by atoms with Crippen LogP contribution in [0.2, 0.25) is 0 Å². The van der Waals surface area contributed by atoms with Gasteiger partial charge in [0, 0.05) is 5.56 Å². The van der Waals surface area contributed by atoms with Gasteiger partial charge in [-0.15, -0.1) is 22.7 Å². The molecule has 0 amide bonds. The molecule has 3 aliphatic rings. The van der Waals surface area contributed by atoms with Crippen molar-refractivity contribution in [2.75, 3.05) is 10.6 Å². The van der Waals surface area contributed by atoms with Gasteiger partial charge in [0.1, 0.15) is 39.9 Å². The van der Waals surface area contributed by atoms with E-state index in [1.54, 1.807) is 47.0 Å². The maximum absolute atomic E-state index is 8.99. The fraction of sp³-hybridized carbons (Fsp3) is 0.263. The standard InChI is InChI=1S/C19H10N8OS4/c1-19(2)9-11(29-15-12(9)31-17(26-15)24-7(3-20)4-21)13-10(28-19)14-16(30-13)27-18(32-14)25-8(5-22)6-23/h17-18,26-27H,1-2H3. The highest BCUT2D eigenvalue weighted by molar-refractivity contribution is 8.01. The van der Waals surface area contributed by atoms with Crippen LogP contribution in [0.1, 0.15) is 19.4 Å². The molecule has 2 unspecified atom stereocenters. The summed E-state index contributed by atoms with van der Waals surface area (Å²) in [5.41, 5.74) is -0.759. The van der Waals surface area contributed by atoms with E-state index in [4.69, 9.17) is 25.8 Å². The van der Waals surface area contributed by atoms with E-state index >= 15 is 0 Å². The van der Waals surface area contributed by atoms with Crippen LogP contribution in [0.4, 0.5) is 10.0 Å². The van der Waals surface area contributed by atoms with Gasteiger partial charge in [0.05, 0.1) is 19.5 Å². The molecule has 0 aliphatic carbocycles. The lowest BCUT2D eigenvalue weighted by atomic mass is 9.95. The molecule has 0 saturated carbocycles. The molecule has 2 aromatic heterocycles. The Morgan fingerprint density at radius 3 is 1.91 bits per heavy atom. The van der Waals surface area contributed by atoms with Crippen molar-refractivity contribution >= 4 is 67.6 Å². The maximum Gasteiger partial charge on any atom is 0.216 e. The molecule has 5 rings (SSSR count). The summed E-state index contributed by atoms with van der Waals surface area (Å²) in [5, 5.41) is 44.3. The normalized spacial score (nSPS) is 20.2. The Kier molecular flexibility index (Phi) is 4.81. The highest BCUT2D eigenvalue weighted by Gasteiger charge is 2.45. The number of aliphatic imine (C=N–C) groups is 2. The van der Waals surface area contributed by atoms with E-state index < -0.39 is 16.6 Å². The average molecular weight is 495 g/mol. The van der Waals surface area contributed by atoms with Gasteiger partial charge in [-0.05, 0) is 13.8 Å². The number of nitriles is 4. The van der Waals surface area contributed by atoms with Crippen LogP contribution < -0.4 is 15.4 Å². The monoisotopic (exact) mass is 494 g/mol. The first-order chi connectivity index (χ1) is 15.4. The van der Waals surface area contributed by atoms with Gasteiger partial charge < -0.3 is 15.4 Å². The molecule has 13 heteroatoms. The summed E-state index contributed by atoms with van der Waals surface area (Å²) in [7, 11) is 0. The lowest BCUT2D eigenvalue weighted by Gasteiger charge is -2.32. The SMILES string of the molecule is CC1(C)Oc2c(sc3c2SC(N=C(C#N)C#N)N3)-c2sc3c(c21)SC(N=C(C#N)C#N)N3. The molecule has 2 N–H and O–H groups in total. The van der Waals surface area contributed by atoms with Crippen molar-refractivity contribution in [3.63, 3.8) is 0 Å². The van der Waals surface area contributed by atoms with Gasteiger partial charge in [0.25, 0.3) is 0 Å². The van der Waals surface area contributed by atoms with Crippen LogP contribution in [0.25, 0.3) is 9.75 Å². The van der Waals surface area contributed by atoms with Gasteiger partial charge in [0.15, 0.2) is 16.7 Å². The van der Waals surface area contributed by atoms with Crippen molar-refractivity contribution in [3.8, 4) is 39.8 Å². The average Bonchev–Trinajstić information content (AvgIpc) is 3.49. The Labute approximate surface area is 199 Å². The van der Waals surface area contributed by atoms with Crippen LogP contribution in [0.5, 0.6) is 5.75 Å². The third kappa shape index (κ3) is 3.10. The van der Waals surface area contributed by atoms with Gasteiger partial charge in [-0.25, -0.2) is 9.98 Å². The second-order valence-corrected chi connectivity index (χ2v) is 11.3. The van der Waals surface area contributed by atoms with Gasteiger partial charge in [-0.2, -0.15) is 21.0 Å². The minimum atomic E-state index is -0.617. The number of rotatable bonds is 2. The summed E-state index contributed by atoms with van der Waals surface area (Å²) >= 11 is 6.06. The Morgan fingerprint density at radius 2 is 1.34 bits per heavy atom. The lowest BCUT2D eigenvalue weighted by molar-refractivity contribution is 0.101. The fourth-order valence-electron chi connectivity index (χ4n) is 3.51. The maximum atomic E-state index is 8.99. The summed E-state index contributed by atoms with van der Waals surface area (Å²) in [5.74, 6) is 0.781. The minimum absolute atomic E-state index is 0.164. The number of nitrogens with one attached hydrogen (secondary N) is 2. The molecule has 0 spiro atoms. The van der Waals surface area contributed by atoms with Crippen molar-refractivity contribution in [1.82, 2.24) is 0 Å². The molecule has 32 heavy (non-hydrogen) atoms. The van der Waals surface area contributed by atoms with Crippen LogP contribution >= 0.6 is 46.2 Å². The topological polar surface area (TPSA) is 153 Å². The van der Waals surface area contributed by atoms with E-state index in [1.165, 1.54) is 23.5 Å². The number of nitrogens with zero attached hydrogens (tertiary/aromatic N) is 6. The lowest BCUT2D eigenvalue weighted by Crippen LogP contribution is -2.28. The summed E-state index contributed by atoms with van der Waals surface area (Å²) in [4.78, 5) is 12.4. The minimum Gasteiger partial charge on any atom is -0.480 e. The van der Waals surface area contributed by atoms with E-state index in [0.717, 1.165) is 40.9 Å². The van der Waals surface area contributed by atoms with E-state index in [1.807, 2.05) is 13.8 Å². The molecular formula is C19H10N8OS4. The van der Waals surface area contributed by atoms with Crippen LogP contribution in [-0.2, 0) is 5.60 Å². The smallest absolute Gasteiger partial charge is 0.216 e. The van der Waals surface area contributed by atoms with Crippen LogP contribution in [-0.4, -0.2) is 22.4 Å². The van der Waals surface area contributed by atoms with E-state index in [9.17, 15) is 0 Å². The number of anilines is 2. The third-order valence-corrected chi connectivity index (χ3v) is 9.55. The third-order valence-electron chi connectivity index (χ3n) is 4.74. The first kappa shape index (κ1) is 20.7. The zero-order valence-electron chi connectivity index (χ0n) is 16.4. The predicted molar refractivity (Wildman–Crippen MR) is 125 cm³/mol. The Bertz CT molecular complexity index is 1370. The molecule has 0 fully saturated rings. The van der Waals surface area contributed by atoms with Gasteiger partial charge in [-0.3, -0.25) is 0 Å². The molecule has 5 heterocycles. The molecule has 3 aliphatic heterocycles. The second kappa shape index (κ2) is 7.44. The van der Waals surface area contributed by atoms with Crippen LogP contribution in [0.3, 0.4) is 0 Å². The summed E-state index contributed by atoms with van der Waals surface area (Å²) < 4.78 is 6.47. The van der Waals surface area contributed by atoms with Crippen molar-refractivity contribution in [3.05, 3.63) is 5.56 Å². The number of hydrogen-bond acceptors (Lipinski definition) is 13. The first-order valence-corrected chi connectivity index (χ1v) is 12.4. The highest BCUT2D eigenvalue weighted by Crippen LogP contribution is 2.65. The number of hydrogen-bond donors (Lipinski definition) is 2. The molecule has 0 bridgehead atoms. The summed E-state index contributed by atoms with van der Waals surface area (Å²) in [6, 6.07) is 7.16. The quantitative estimate of drug-likeness (QED) is 0.566. The Balaban J connectivity index is 1.51. The van der Waals surface area contributed by atoms with Crippen molar-refractivity contribution < 1.29 is 4.74 Å². The molecule has 0 saturated heterocycles. The zero-order valence-corrected chi connectivity index (χ0v) is 19.6. The van der Waals surface area contributed by atoms with Gasteiger partial charge in [-0.1, -0.05) is 23.5 Å². The van der Waals surface area contributed by atoms with Crippen LogP contribution in [0.15, 0.2) is 19.8 Å². The number of fused-ring (bicyclic) bond motifs is 7. The van der Waals surface area contributed by atoms with E-state index in [0.29, 0.717) is 0 Å². The van der Waals surface area contributed by atoms with E-state index in [2.05, 4.69) is 20.6 Å². The molecule has 2 atom stereocenters. The number of thioether (sulfide) groups is 2. The Hall–Kier alpha value is -3.20. The van der Waals surface area contributed by atoms with Crippen molar-refractivity contribution in [1.29, 1.82) is 21.0 Å². The number of ether oxygens (including phenoxy) is 1. The first-order valence-electron chi connectivity index (χ1n) is 9.04. The molecule has 0 radical (unpaired) electrons.